The summed E-state index contributed by atoms with van der Waals surface area (Å²) in [6.07, 6.45) is 0. The number of thiazole rings is 1. The summed E-state index contributed by atoms with van der Waals surface area (Å²) < 4.78 is 6.68. The average molecular weight is 348 g/mol. The molecule has 2 aromatic carbocycles. The lowest BCUT2D eigenvalue weighted by atomic mass is 10.0. The first-order chi connectivity index (χ1) is 12.2. The Balaban J connectivity index is 1.61. The standard InChI is InChI=1S/C20H16N2O2S/c1-12-10-22(11-12)14-7-6-13-8-15(20(23)24-17(13)9-14)19-21-16-4-2-3-5-18(16)25-19/h2-9,12H,10-11H2,1H3. The second kappa shape index (κ2) is 5.43. The Hall–Kier alpha value is -2.66. The smallest absolute Gasteiger partial charge is 0.346 e. The molecule has 1 aliphatic heterocycles. The lowest BCUT2D eigenvalue weighted by molar-refractivity contribution is 0.447. The van der Waals surface area contributed by atoms with Crippen molar-refractivity contribution < 1.29 is 4.42 Å². The molecule has 124 valence electrons. The molecule has 0 spiro atoms. The zero-order valence-electron chi connectivity index (χ0n) is 13.7. The Morgan fingerprint density at radius 1 is 1.16 bits per heavy atom. The van der Waals surface area contributed by atoms with E-state index in [1.54, 1.807) is 0 Å². The molecule has 4 aromatic rings. The molecular weight excluding hydrogens is 332 g/mol. The van der Waals surface area contributed by atoms with E-state index in [0.29, 0.717) is 16.2 Å². The maximum absolute atomic E-state index is 12.5. The Bertz CT molecular complexity index is 1120. The van der Waals surface area contributed by atoms with E-state index in [9.17, 15) is 4.79 Å². The Morgan fingerprint density at radius 2 is 2.00 bits per heavy atom. The van der Waals surface area contributed by atoms with Gasteiger partial charge in [-0.1, -0.05) is 19.1 Å². The normalized spacial score (nSPS) is 15.0. The molecule has 0 unspecified atom stereocenters. The number of nitrogens with zero attached hydrogens (tertiary/aromatic N) is 2. The Morgan fingerprint density at radius 3 is 2.80 bits per heavy atom. The van der Waals surface area contributed by atoms with Crippen molar-refractivity contribution in [1.82, 2.24) is 4.98 Å². The van der Waals surface area contributed by atoms with Gasteiger partial charge >= 0.3 is 5.63 Å². The first-order valence-corrected chi connectivity index (χ1v) is 9.18. The van der Waals surface area contributed by atoms with Crippen LogP contribution in [-0.4, -0.2) is 18.1 Å². The summed E-state index contributed by atoms with van der Waals surface area (Å²) in [6.45, 7) is 4.35. The minimum absolute atomic E-state index is 0.333. The summed E-state index contributed by atoms with van der Waals surface area (Å²) in [6, 6.07) is 15.9. The predicted octanol–water partition coefficient (Wildman–Crippen LogP) is 4.53. The molecule has 0 bridgehead atoms. The zero-order chi connectivity index (χ0) is 17.0. The number of fused-ring (bicyclic) bond motifs is 2. The quantitative estimate of drug-likeness (QED) is 0.500. The number of anilines is 1. The van der Waals surface area contributed by atoms with E-state index in [1.165, 1.54) is 11.3 Å². The van der Waals surface area contributed by atoms with Gasteiger partial charge in [-0.25, -0.2) is 9.78 Å². The van der Waals surface area contributed by atoms with Crippen LogP contribution >= 0.6 is 11.3 Å². The van der Waals surface area contributed by atoms with Crippen LogP contribution in [0.3, 0.4) is 0 Å². The molecule has 0 aliphatic carbocycles. The third-order valence-electron chi connectivity index (χ3n) is 4.67. The minimum Gasteiger partial charge on any atom is -0.422 e. The summed E-state index contributed by atoms with van der Waals surface area (Å²) in [5, 5.41) is 1.63. The van der Waals surface area contributed by atoms with Gasteiger partial charge in [0, 0.05) is 30.2 Å². The highest BCUT2D eigenvalue weighted by Gasteiger charge is 2.23. The first-order valence-electron chi connectivity index (χ1n) is 8.36. The first kappa shape index (κ1) is 14.7. The summed E-state index contributed by atoms with van der Waals surface area (Å²) in [5.74, 6) is 0.726. The molecule has 0 amide bonds. The molecule has 1 saturated heterocycles. The molecule has 0 atom stereocenters. The molecule has 2 aromatic heterocycles. The molecule has 3 heterocycles. The van der Waals surface area contributed by atoms with Crippen LogP contribution in [0.25, 0.3) is 31.8 Å². The second-order valence-corrected chi connectivity index (χ2v) is 7.70. The average Bonchev–Trinajstić information content (AvgIpc) is 3.01. The number of para-hydroxylation sites is 1. The van der Waals surface area contributed by atoms with Gasteiger partial charge in [0.15, 0.2) is 0 Å². The minimum atomic E-state index is -0.333. The number of benzene rings is 2. The lowest BCUT2D eigenvalue weighted by Gasteiger charge is -2.39. The van der Waals surface area contributed by atoms with Gasteiger partial charge in [-0.3, -0.25) is 0 Å². The third kappa shape index (κ3) is 2.43. The number of aromatic nitrogens is 1. The maximum Gasteiger partial charge on any atom is 0.346 e. The summed E-state index contributed by atoms with van der Waals surface area (Å²) >= 11 is 1.51. The summed E-state index contributed by atoms with van der Waals surface area (Å²) in [7, 11) is 0. The number of hydrogen-bond donors (Lipinski definition) is 0. The van der Waals surface area contributed by atoms with Gasteiger partial charge in [0.25, 0.3) is 0 Å². The van der Waals surface area contributed by atoms with Crippen molar-refractivity contribution in [1.29, 1.82) is 0 Å². The highest BCUT2D eigenvalue weighted by atomic mass is 32.1. The van der Waals surface area contributed by atoms with Crippen LogP contribution in [0.1, 0.15) is 6.92 Å². The van der Waals surface area contributed by atoms with Gasteiger partial charge in [0.05, 0.1) is 15.8 Å². The Kier molecular flexibility index (Phi) is 3.18. The molecule has 25 heavy (non-hydrogen) atoms. The van der Waals surface area contributed by atoms with Gasteiger partial charge < -0.3 is 9.32 Å². The van der Waals surface area contributed by atoms with E-state index in [2.05, 4.69) is 22.9 Å². The highest BCUT2D eigenvalue weighted by Crippen LogP contribution is 2.31. The van der Waals surface area contributed by atoms with Crippen molar-refractivity contribution in [2.45, 2.75) is 6.92 Å². The SMILES string of the molecule is CC1CN(c2ccc3cc(-c4nc5ccccc5s4)c(=O)oc3c2)C1. The van der Waals surface area contributed by atoms with E-state index in [4.69, 9.17) is 4.42 Å². The second-order valence-electron chi connectivity index (χ2n) is 6.67. The van der Waals surface area contributed by atoms with Gasteiger partial charge in [0.1, 0.15) is 10.6 Å². The highest BCUT2D eigenvalue weighted by molar-refractivity contribution is 7.21. The molecule has 4 nitrogen and oxygen atoms in total. The third-order valence-corrected chi connectivity index (χ3v) is 5.74. The van der Waals surface area contributed by atoms with E-state index in [-0.39, 0.29) is 5.63 Å². The fourth-order valence-electron chi connectivity index (χ4n) is 3.34. The van der Waals surface area contributed by atoms with Crippen LogP contribution in [-0.2, 0) is 0 Å². The van der Waals surface area contributed by atoms with Crippen molar-refractivity contribution in [3.8, 4) is 10.6 Å². The predicted molar refractivity (Wildman–Crippen MR) is 102 cm³/mol. The zero-order valence-corrected chi connectivity index (χ0v) is 14.5. The molecule has 1 aliphatic rings. The lowest BCUT2D eigenvalue weighted by Crippen LogP contribution is -2.45. The van der Waals surface area contributed by atoms with E-state index in [1.807, 2.05) is 42.5 Å². The van der Waals surface area contributed by atoms with Crippen molar-refractivity contribution >= 4 is 38.2 Å². The fraction of sp³-hybridized carbons (Fsp3) is 0.200. The largest absolute Gasteiger partial charge is 0.422 e. The molecule has 5 rings (SSSR count). The number of rotatable bonds is 2. The van der Waals surface area contributed by atoms with Crippen molar-refractivity contribution in [2.75, 3.05) is 18.0 Å². The van der Waals surface area contributed by atoms with Crippen LogP contribution in [0.5, 0.6) is 0 Å². The van der Waals surface area contributed by atoms with E-state index >= 15 is 0 Å². The van der Waals surface area contributed by atoms with Crippen LogP contribution in [0.15, 0.2) is 57.7 Å². The number of hydrogen-bond acceptors (Lipinski definition) is 5. The van der Waals surface area contributed by atoms with Crippen LogP contribution in [0.2, 0.25) is 0 Å². The van der Waals surface area contributed by atoms with Crippen LogP contribution in [0.4, 0.5) is 5.69 Å². The van der Waals surface area contributed by atoms with Crippen molar-refractivity contribution in [3.63, 3.8) is 0 Å². The Labute approximate surface area is 148 Å². The molecule has 0 radical (unpaired) electrons. The van der Waals surface area contributed by atoms with Crippen LogP contribution in [0, 0.1) is 5.92 Å². The topological polar surface area (TPSA) is 46.3 Å². The molecule has 1 fully saturated rings. The van der Waals surface area contributed by atoms with Crippen molar-refractivity contribution in [3.05, 3.63) is 59.0 Å². The van der Waals surface area contributed by atoms with Gasteiger partial charge in [-0.15, -0.1) is 11.3 Å². The van der Waals surface area contributed by atoms with Gasteiger partial charge in [0.2, 0.25) is 0 Å². The molecule has 0 N–H and O–H groups in total. The van der Waals surface area contributed by atoms with Gasteiger partial charge in [-0.2, -0.15) is 0 Å². The summed E-state index contributed by atoms with van der Waals surface area (Å²) in [5.41, 5.74) is 2.84. The monoisotopic (exact) mass is 348 g/mol. The fourth-order valence-corrected chi connectivity index (χ4v) is 4.31. The van der Waals surface area contributed by atoms with E-state index in [0.717, 1.165) is 40.3 Å². The van der Waals surface area contributed by atoms with E-state index < -0.39 is 0 Å². The van der Waals surface area contributed by atoms with Gasteiger partial charge in [-0.05, 0) is 36.2 Å². The van der Waals surface area contributed by atoms with Crippen molar-refractivity contribution in [2.24, 2.45) is 5.92 Å². The molecule has 0 saturated carbocycles. The molecule has 5 heteroatoms. The molecular formula is C20H16N2O2S. The maximum atomic E-state index is 12.5. The summed E-state index contributed by atoms with van der Waals surface area (Å²) in [4.78, 5) is 19.4. The van der Waals surface area contributed by atoms with Crippen LogP contribution < -0.4 is 10.5 Å².